The average Bonchev–Trinajstić information content (AvgIpc) is 3.13. The monoisotopic (exact) mass is 659 g/mol. The molecule has 0 spiro atoms. The summed E-state index contributed by atoms with van der Waals surface area (Å²) in [7, 11) is 0. The Morgan fingerprint density at radius 3 is 1.00 bits per heavy atom. The molecule has 1 aliphatic rings. The zero-order valence-electron chi connectivity index (χ0n) is 30.9. The molecule has 2 aromatic rings. The maximum atomic E-state index is 6.34. The minimum Gasteiger partial charge on any atom is -0.384 e. The van der Waals surface area contributed by atoms with Gasteiger partial charge in [-0.15, -0.1) is 0 Å². The largest absolute Gasteiger partial charge is 0.384 e. The van der Waals surface area contributed by atoms with Crippen molar-refractivity contribution in [3.8, 4) is 0 Å². The molecular weight excluding hydrogens is 589 g/mol. The van der Waals surface area contributed by atoms with E-state index >= 15 is 0 Å². The van der Waals surface area contributed by atoms with Crippen molar-refractivity contribution in [2.45, 2.75) is 142 Å². The summed E-state index contributed by atoms with van der Waals surface area (Å²) in [6.45, 7) is 10.2. The van der Waals surface area contributed by atoms with E-state index in [2.05, 4.69) is 82.2 Å². The van der Waals surface area contributed by atoms with Crippen LogP contribution in [0.1, 0.15) is 153 Å². The third-order valence-electron chi connectivity index (χ3n) is 9.92. The lowest BCUT2D eigenvalue weighted by Crippen LogP contribution is -2.46. The number of benzene rings is 2. The van der Waals surface area contributed by atoms with Crippen LogP contribution in [0.5, 0.6) is 0 Å². The van der Waals surface area contributed by atoms with Crippen molar-refractivity contribution in [1.29, 1.82) is 0 Å². The fourth-order valence-electron chi connectivity index (χ4n) is 6.69. The molecule has 0 bridgehead atoms. The number of anilines is 2. The summed E-state index contributed by atoms with van der Waals surface area (Å²) in [5.41, 5.74) is 17.2. The summed E-state index contributed by atoms with van der Waals surface area (Å²) in [5.74, 6) is 1.32. The van der Waals surface area contributed by atoms with E-state index in [1.807, 2.05) is 0 Å². The van der Waals surface area contributed by atoms with Crippen LogP contribution in [0.3, 0.4) is 0 Å². The van der Waals surface area contributed by atoms with Crippen LogP contribution in [-0.4, -0.2) is 50.9 Å². The van der Waals surface area contributed by atoms with Gasteiger partial charge in [0.05, 0.1) is 0 Å². The number of nitrogens with zero attached hydrogens (tertiary/aromatic N) is 4. The van der Waals surface area contributed by atoms with E-state index in [0.29, 0.717) is 11.7 Å². The topological polar surface area (TPSA) is 83.2 Å². The highest BCUT2D eigenvalue weighted by atomic mass is 15.3. The lowest BCUT2D eigenvalue weighted by atomic mass is 10.1. The Morgan fingerprint density at radius 1 is 0.438 bits per heavy atom. The molecule has 3 rings (SSSR count). The van der Waals surface area contributed by atoms with E-state index in [1.165, 1.54) is 127 Å². The van der Waals surface area contributed by atoms with Crippen molar-refractivity contribution >= 4 is 23.0 Å². The fraction of sp³-hybridized carbons (Fsp3) is 0.667. The minimum absolute atomic E-state index is 0.662. The van der Waals surface area contributed by atoms with E-state index in [4.69, 9.17) is 11.5 Å². The van der Waals surface area contributed by atoms with Crippen LogP contribution in [0.25, 0.3) is 0 Å². The second kappa shape index (κ2) is 25.0. The minimum atomic E-state index is 0.662. The predicted molar refractivity (Wildman–Crippen MR) is 212 cm³/mol. The van der Waals surface area contributed by atoms with Crippen LogP contribution in [0.15, 0.2) is 58.5 Å². The van der Waals surface area contributed by atoms with Crippen LogP contribution in [0.2, 0.25) is 0 Å². The molecule has 1 aliphatic heterocycles. The first-order chi connectivity index (χ1) is 23.6. The Labute approximate surface area is 294 Å². The molecule has 1 saturated heterocycles. The van der Waals surface area contributed by atoms with Gasteiger partial charge in [-0.1, -0.05) is 129 Å². The molecule has 0 aromatic heterocycles. The zero-order chi connectivity index (χ0) is 34.1. The zero-order valence-corrected chi connectivity index (χ0v) is 30.9. The van der Waals surface area contributed by atoms with E-state index in [0.717, 1.165) is 63.2 Å². The maximum absolute atomic E-state index is 6.34. The smallest absolute Gasteiger partial charge is 0.125 e. The Kier molecular flexibility index (Phi) is 20.5. The summed E-state index contributed by atoms with van der Waals surface area (Å²) in [6, 6.07) is 17.3. The highest BCUT2D eigenvalue weighted by Crippen LogP contribution is 2.22. The summed E-state index contributed by atoms with van der Waals surface area (Å²) in [6.07, 6.45) is 26.7. The van der Waals surface area contributed by atoms with Gasteiger partial charge in [-0.05, 0) is 61.4 Å². The molecule has 1 fully saturated rings. The summed E-state index contributed by atoms with van der Waals surface area (Å²) in [4.78, 5) is 14.3. The summed E-state index contributed by atoms with van der Waals surface area (Å²) in [5, 5.41) is 0. The third-order valence-corrected chi connectivity index (χ3v) is 9.92. The van der Waals surface area contributed by atoms with Gasteiger partial charge in [0.1, 0.15) is 11.7 Å². The van der Waals surface area contributed by atoms with Crippen molar-refractivity contribution in [1.82, 2.24) is 0 Å². The Balaban J connectivity index is 1.29. The number of amidine groups is 2. The van der Waals surface area contributed by atoms with Gasteiger partial charge in [0.2, 0.25) is 0 Å². The molecule has 0 radical (unpaired) electrons. The number of nitrogens with two attached hydrogens (primary N) is 2. The van der Waals surface area contributed by atoms with Crippen LogP contribution in [0, 0.1) is 0 Å². The highest BCUT2D eigenvalue weighted by molar-refractivity contribution is 5.98. The highest BCUT2D eigenvalue weighted by Gasteiger charge is 2.18. The lowest BCUT2D eigenvalue weighted by molar-refractivity contribution is 0.558. The Hall–Kier alpha value is -3.02. The number of hydrogen-bond donors (Lipinski definition) is 2. The van der Waals surface area contributed by atoms with Gasteiger partial charge in [-0.2, -0.15) is 0 Å². The molecule has 268 valence electrons. The number of aliphatic imine (C=N–C) groups is 2. The molecule has 1 heterocycles. The molecule has 0 amide bonds. The van der Waals surface area contributed by atoms with Crippen molar-refractivity contribution < 1.29 is 0 Å². The van der Waals surface area contributed by atoms with Crippen molar-refractivity contribution in [2.75, 3.05) is 49.1 Å². The van der Waals surface area contributed by atoms with Gasteiger partial charge in [0.25, 0.3) is 0 Å². The van der Waals surface area contributed by atoms with Gasteiger partial charge in [-0.3, -0.25) is 9.98 Å². The van der Waals surface area contributed by atoms with E-state index < -0.39 is 0 Å². The second-order valence-electron chi connectivity index (χ2n) is 14.0. The molecule has 6 heteroatoms. The van der Waals surface area contributed by atoms with Gasteiger partial charge >= 0.3 is 0 Å². The van der Waals surface area contributed by atoms with Crippen molar-refractivity contribution in [3.63, 3.8) is 0 Å². The fourth-order valence-corrected chi connectivity index (χ4v) is 6.69. The number of rotatable bonds is 26. The first kappa shape index (κ1) is 39.4. The van der Waals surface area contributed by atoms with E-state index in [9.17, 15) is 0 Å². The number of piperazine rings is 1. The van der Waals surface area contributed by atoms with Gasteiger partial charge in [0, 0.05) is 61.8 Å². The maximum Gasteiger partial charge on any atom is 0.125 e. The quantitative estimate of drug-likeness (QED) is 0.0599. The normalized spacial score (nSPS) is 14.2. The van der Waals surface area contributed by atoms with Crippen LogP contribution in [0.4, 0.5) is 11.4 Å². The average molecular weight is 659 g/mol. The molecule has 2 aromatic carbocycles. The third kappa shape index (κ3) is 15.9. The summed E-state index contributed by atoms with van der Waals surface area (Å²) >= 11 is 0. The van der Waals surface area contributed by atoms with Crippen molar-refractivity contribution in [3.05, 3.63) is 59.7 Å². The number of unbranched alkanes of at least 4 members (excludes halogenated alkanes) is 18. The van der Waals surface area contributed by atoms with E-state index in [-0.39, 0.29) is 0 Å². The molecule has 4 N–H and O–H groups in total. The van der Waals surface area contributed by atoms with Gasteiger partial charge in [-0.25, -0.2) is 0 Å². The van der Waals surface area contributed by atoms with Gasteiger partial charge < -0.3 is 21.3 Å². The molecule has 0 unspecified atom stereocenters. The Morgan fingerprint density at radius 2 is 0.708 bits per heavy atom. The van der Waals surface area contributed by atoms with Crippen molar-refractivity contribution in [2.24, 2.45) is 21.5 Å². The van der Waals surface area contributed by atoms with Crippen LogP contribution >= 0.6 is 0 Å². The molecule has 0 atom stereocenters. The first-order valence-electron chi connectivity index (χ1n) is 19.9. The number of hydrogen-bond acceptors (Lipinski definition) is 4. The molecule has 0 aliphatic carbocycles. The van der Waals surface area contributed by atoms with Crippen LogP contribution in [-0.2, 0) is 0 Å². The Bertz CT molecular complexity index is 1040. The molecule has 6 nitrogen and oxygen atoms in total. The molecule has 0 saturated carbocycles. The second-order valence-corrected chi connectivity index (χ2v) is 14.0. The SMILES string of the molecule is CCCCCCCCCCCCN=C(N)c1ccc(N2CCN(c3ccc(C(N)=NCCCCCCCCCCCC)cc3)CC2)cc1. The van der Waals surface area contributed by atoms with Crippen LogP contribution < -0.4 is 21.3 Å². The molecule has 48 heavy (non-hydrogen) atoms. The lowest BCUT2D eigenvalue weighted by Gasteiger charge is -2.37. The molecular formula is C42H70N6. The van der Waals surface area contributed by atoms with Gasteiger partial charge in [0.15, 0.2) is 0 Å². The van der Waals surface area contributed by atoms with E-state index in [1.54, 1.807) is 0 Å². The standard InChI is InChI=1S/C42H70N6/c1-3-5-7-9-11-13-15-17-19-21-31-45-41(43)37-23-27-39(28-24-37)47-33-35-48(36-34-47)40-29-25-38(26-30-40)42(44)46-32-22-20-18-16-14-12-10-8-6-4-2/h23-30H,3-22,31-36H2,1-2H3,(H2,43,45)(H2,44,46). The predicted octanol–water partition coefficient (Wildman–Crippen LogP) is 10.3. The first-order valence-corrected chi connectivity index (χ1v) is 19.9. The summed E-state index contributed by atoms with van der Waals surface area (Å²) < 4.78 is 0.